The van der Waals surface area contributed by atoms with Crippen molar-refractivity contribution >= 4 is 39.3 Å². The van der Waals surface area contributed by atoms with Crippen molar-refractivity contribution in [3.63, 3.8) is 0 Å². The zero-order valence-electron chi connectivity index (χ0n) is 23.8. The van der Waals surface area contributed by atoms with Crippen molar-refractivity contribution in [1.82, 2.24) is 0 Å². The summed E-state index contributed by atoms with van der Waals surface area (Å²) in [6, 6.07) is 6.09. The van der Waals surface area contributed by atoms with Crippen LogP contribution >= 0.6 is 11.6 Å². The smallest absolute Gasteiger partial charge is 0.306 e. The molecule has 0 heterocycles. The van der Waals surface area contributed by atoms with Crippen molar-refractivity contribution in [2.24, 2.45) is 22.7 Å². The number of rotatable bonds is 7. The monoisotopic (exact) mass is 604 g/mol. The van der Waals surface area contributed by atoms with E-state index in [9.17, 15) is 27.9 Å². The summed E-state index contributed by atoms with van der Waals surface area (Å²) >= 11 is 7.47. The lowest BCUT2D eigenvalue weighted by Gasteiger charge is -2.64. The highest BCUT2D eigenvalue weighted by atomic mass is 35.5. The summed E-state index contributed by atoms with van der Waals surface area (Å²) < 4.78 is 37.0. The zero-order valence-corrected chi connectivity index (χ0v) is 25.4. The van der Waals surface area contributed by atoms with Crippen molar-refractivity contribution < 1.29 is 36.8 Å². The van der Waals surface area contributed by atoms with Crippen molar-refractivity contribution in [3.05, 3.63) is 53.6 Å². The number of ether oxygens (including phenoxy) is 1. The summed E-state index contributed by atoms with van der Waals surface area (Å²) in [5.41, 5.74) is -1.74. The molecule has 0 aliphatic heterocycles. The number of allylic oxidation sites excluding steroid dienone is 4. The Bertz CT molecular complexity index is 1450. The van der Waals surface area contributed by atoms with E-state index in [1.54, 1.807) is 31.2 Å². The number of hydrogen-bond acceptors (Lipinski definition) is 8. The summed E-state index contributed by atoms with van der Waals surface area (Å²) in [4.78, 5) is 37.8. The van der Waals surface area contributed by atoms with E-state index in [0.717, 1.165) is 11.1 Å². The molecule has 0 spiro atoms. The molecule has 222 valence electrons. The first kappa shape index (κ1) is 30.1. The molecular weight excluding hydrogens is 568 g/mol. The van der Waals surface area contributed by atoms with Gasteiger partial charge in [-0.3, -0.25) is 18.6 Å². The molecule has 3 fully saturated rings. The molecule has 10 heteroatoms. The number of carbonyl (C=O) groups excluding carboxylic acids is 3. The van der Waals surface area contributed by atoms with Crippen LogP contribution in [0.5, 0.6) is 0 Å². The van der Waals surface area contributed by atoms with Crippen LogP contribution in [-0.4, -0.2) is 54.2 Å². The van der Waals surface area contributed by atoms with Gasteiger partial charge in [0, 0.05) is 17.3 Å². The number of ketones is 2. The van der Waals surface area contributed by atoms with Crippen molar-refractivity contribution in [1.29, 1.82) is 0 Å². The number of benzene rings is 1. The predicted octanol–water partition coefficient (Wildman–Crippen LogP) is 4.60. The van der Waals surface area contributed by atoms with E-state index >= 15 is 0 Å². The van der Waals surface area contributed by atoms with Gasteiger partial charge >= 0.3 is 5.97 Å². The summed E-state index contributed by atoms with van der Waals surface area (Å²) in [5, 5.41) is 11.8. The van der Waals surface area contributed by atoms with Crippen LogP contribution in [0.4, 0.5) is 0 Å². The van der Waals surface area contributed by atoms with Crippen LogP contribution in [0.25, 0.3) is 0 Å². The van der Waals surface area contributed by atoms with Crippen molar-refractivity contribution in [2.45, 2.75) is 87.7 Å². The third-order valence-electron chi connectivity index (χ3n) is 10.4. The average Bonchev–Trinajstić information content (AvgIpc) is 3.21. The number of hydrogen-bond donors (Lipinski definition) is 1. The first-order valence-corrected chi connectivity index (χ1v) is 16.0. The number of alkyl halides is 1. The first-order valence-electron chi connectivity index (χ1n) is 14.2. The van der Waals surface area contributed by atoms with Gasteiger partial charge in [0.25, 0.3) is 10.1 Å². The third-order valence-corrected chi connectivity index (χ3v) is 12.6. The maximum atomic E-state index is 14.0. The Kier molecular flexibility index (Phi) is 7.46. The molecular formula is C31H37ClO8S. The van der Waals surface area contributed by atoms with E-state index in [-0.39, 0.29) is 41.8 Å². The Balaban J connectivity index is 1.50. The second kappa shape index (κ2) is 10.1. The molecule has 1 aromatic rings. The third kappa shape index (κ3) is 4.37. The van der Waals surface area contributed by atoms with E-state index < -0.39 is 55.9 Å². The fourth-order valence-electron chi connectivity index (χ4n) is 8.17. The molecule has 41 heavy (non-hydrogen) atoms. The quantitative estimate of drug-likeness (QED) is 0.272. The SMILES string of the molecule is CCC(=O)O[C@]1(C(=O)COS(=O)(=O)c2ccc(C)cc2)CC[C@H]2[C@@H]3CCC4=CC(=O)C=C[C@]4(C)[C@@]3(Cl)[C@H](O)C[C@@]21C. The zero-order chi connectivity index (χ0) is 30.0. The maximum Gasteiger partial charge on any atom is 0.306 e. The van der Waals surface area contributed by atoms with E-state index in [1.165, 1.54) is 18.2 Å². The standard InChI is InChI=1S/C31H37ClO8S/c1-5-27(36)40-30(26(35)18-39-41(37,38)22-9-6-19(2)7-10-22)15-13-23-24-11-8-20-16-21(33)12-14-28(20,3)31(24,32)25(34)17-29(23,30)4/h6-7,9-10,12,14,16,23-25,34H,5,8,11,13,15,17-18H2,1-4H3/t23-,24-,25+,28-,29-,30-,31-/m0/s1. The largest absolute Gasteiger partial charge is 0.450 e. The predicted molar refractivity (Wildman–Crippen MR) is 152 cm³/mol. The van der Waals surface area contributed by atoms with Gasteiger partial charge in [-0.1, -0.05) is 50.1 Å². The Morgan fingerprint density at radius 1 is 1.12 bits per heavy atom. The summed E-state index contributed by atoms with van der Waals surface area (Å²) in [6.45, 7) is 6.43. The van der Waals surface area contributed by atoms with E-state index in [0.29, 0.717) is 19.3 Å². The maximum absolute atomic E-state index is 14.0. The van der Waals surface area contributed by atoms with Crippen molar-refractivity contribution in [2.75, 3.05) is 6.61 Å². The van der Waals surface area contributed by atoms with E-state index in [2.05, 4.69) is 0 Å². The first-order chi connectivity index (χ1) is 19.1. The van der Waals surface area contributed by atoms with Gasteiger partial charge < -0.3 is 9.84 Å². The molecule has 4 aliphatic rings. The number of aliphatic hydroxyl groups excluding tert-OH is 1. The number of aryl methyl sites for hydroxylation is 1. The van der Waals surface area contributed by atoms with Crippen LogP contribution in [0.3, 0.4) is 0 Å². The molecule has 0 radical (unpaired) electrons. The van der Waals surface area contributed by atoms with Crippen LogP contribution in [-0.2, 0) is 33.4 Å². The fourth-order valence-corrected chi connectivity index (χ4v) is 9.56. The molecule has 0 aromatic heterocycles. The minimum absolute atomic E-state index is 0.0226. The summed E-state index contributed by atoms with van der Waals surface area (Å²) in [5.74, 6) is -1.82. The lowest BCUT2D eigenvalue weighted by Crippen LogP contribution is -2.69. The highest BCUT2D eigenvalue weighted by Crippen LogP contribution is 2.71. The Hall–Kier alpha value is -2.33. The molecule has 3 saturated carbocycles. The number of carbonyl (C=O) groups is 3. The molecule has 5 rings (SSSR count). The summed E-state index contributed by atoms with van der Waals surface area (Å²) in [6.07, 6.45) is 5.72. The molecule has 0 unspecified atom stereocenters. The van der Waals surface area contributed by atoms with Gasteiger partial charge in [-0.15, -0.1) is 11.6 Å². The number of fused-ring (bicyclic) bond motifs is 5. The van der Waals surface area contributed by atoms with Crippen LogP contribution in [0.1, 0.15) is 64.9 Å². The number of esters is 1. The number of Topliss-reactive ketones (excluding diaryl/α,β-unsaturated/α-hetero) is 1. The van der Waals surface area contributed by atoms with Crippen molar-refractivity contribution in [3.8, 4) is 0 Å². The lowest BCUT2D eigenvalue weighted by molar-refractivity contribution is -0.196. The minimum Gasteiger partial charge on any atom is -0.450 e. The highest BCUT2D eigenvalue weighted by molar-refractivity contribution is 7.86. The second-order valence-corrected chi connectivity index (χ2v) is 14.7. The van der Waals surface area contributed by atoms with E-state index in [4.69, 9.17) is 20.5 Å². The normalized spacial score (nSPS) is 38.0. The second-order valence-electron chi connectivity index (χ2n) is 12.4. The van der Waals surface area contributed by atoms with Gasteiger partial charge in [0.2, 0.25) is 5.78 Å². The van der Waals surface area contributed by atoms with E-state index in [1.807, 2.05) is 20.8 Å². The van der Waals surface area contributed by atoms with Gasteiger partial charge in [0.15, 0.2) is 11.4 Å². The van der Waals surface area contributed by atoms with Gasteiger partial charge in [0.1, 0.15) is 6.61 Å². The number of halogens is 1. The van der Waals surface area contributed by atoms with Crippen LogP contribution in [0, 0.1) is 29.6 Å². The Morgan fingerprint density at radius 3 is 2.46 bits per heavy atom. The van der Waals surface area contributed by atoms with Crippen LogP contribution in [0.15, 0.2) is 53.0 Å². The van der Waals surface area contributed by atoms with Gasteiger partial charge in [-0.05, 0) is 75.1 Å². The number of aliphatic hydroxyl groups is 1. The molecule has 1 aromatic carbocycles. The Labute approximate surface area is 246 Å². The van der Waals surface area contributed by atoms with Gasteiger partial charge in [0.05, 0.1) is 15.9 Å². The average molecular weight is 605 g/mol. The van der Waals surface area contributed by atoms with Crippen LogP contribution in [0.2, 0.25) is 0 Å². The fraction of sp³-hybridized carbons (Fsp3) is 0.581. The Morgan fingerprint density at radius 2 is 1.80 bits per heavy atom. The van der Waals surface area contributed by atoms with Gasteiger partial charge in [-0.25, -0.2) is 0 Å². The topological polar surface area (TPSA) is 124 Å². The van der Waals surface area contributed by atoms with Crippen LogP contribution < -0.4 is 0 Å². The molecule has 7 atom stereocenters. The molecule has 1 N–H and O–H groups in total. The molecule has 4 aliphatic carbocycles. The summed E-state index contributed by atoms with van der Waals surface area (Å²) in [7, 11) is -4.25. The molecule has 8 nitrogen and oxygen atoms in total. The molecule has 0 bridgehead atoms. The van der Waals surface area contributed by atoms with Gasteiger partial charge in [-0.2, -0.15) is 8.42 Å². The molecule has 0 amide bonds. The minimum atomic E-state index is -4.25. The lowest BCUT2D eigenvalue weighted by atomic mass is 9.45. The molecule has 0 saturated heterocycles. The highest BCUT2D eigenvalue weighted by Gasteiger charge is 2.74.